The van der Waals surface area contributed by atoms with Gasteiger partial charge in [0.25, 0.3) is 0 Å². The van der Waals surface area contributed by atoms with Gasteiger partial charge in [-0.1, -0.05) is 12.1 Å². The Balaban J connectivity index is 2.31. The molecule has 0 aliphatic heterocycles. The van der Waals surface area contributed by atoms with Gasteiger partial charge in [0, 0.05) is 6.42 Å². The maximum Gasteiger partial charge on any atom is 0.303 e. The van der Waals surface area contributed by atoms with Gasteiger partial charge in [0.1, 0.15) is 5.75 Å². The molecule has 4 heteroatoms. The lowest BCUT2D eigenvalue weighted by molar-refractivity contribution is -0.137. The van der Waals surface area contributed by atoms with Crippen molar-refractivity contribution in [1.29, 1.82) is 0 Å². The molecule has 16 heavy (non-hydrogen) atoms. The Hall–Kier alpha value is -1.84. The first-order chi connectivity index (χ1) is 7.74. The standard InChI is InChI=1S/C12H14O4/c13-9-10-5-1-2-6-11(10)16-8-4-3-7-12(14)15/h1-2,5-6,9H,3-4,7-8H2,(H,14,15). The van der Waals surface area contributed by atoms with Gasteiger partial charge < -0.3 is 9.84 Å². The SMILES string of the molecule is O=Cc1ccccc1OCCCCC(=O)O. The van der Waals surface area contributed by atoms with Crippen molar-refractivity contribution >= 4 is 12.3 Å². The zero-order chi connectivity index (χ0) is 11.8. The van der Waals surface area contributed by atoms with Crippen LogP contribution in [0.3, 0.4) is 0 Å². The largest absolute Gasteiger partial charge is 0.493 e. The molecule has 0 atom stereocenters. The molecule has 0 unspecified atom stereocenters. The molecule has 0 radical (unpaired) electrons. The summed E-state index contributed by atoms with van der Waals surface area (Å²) in [4.78, 5) is 20.9. The quantitative estimate of drug-likeness (QED) is 0.567. The molecule has 0 fully saturated rings. The number of rotatable bonds is 7. The Morgan fingerprint density at radius 3 is 2.75 bits per heavy atom. The molecule has 0 aliphatic rings. The molecule has 0 aromatic heterocycles. The first kappa shape index (κ1) is 12.2. The topological polar surface area (TPSA) is 63.6 Å². The predicted molar refractivity (Wildman–Crippen MR) is 58.8 cm³/mol. The van der Waals surface area contributed by atoms with E-state index in [2.05, 4.69) is 0 Å². The number of aliphatic carboxylic acids is 1. The highest BCUT2D eigenvalue weighted by atomic mass is 16.5. The Labute approximate surface area is 93.9 Å². The van der Waals surface area contributed by atoms with Crippen LogP contribution in [0.15, 0.2) is 24.3 Å². The molecule has 0 saturated carbocycles. The average molecular weight is 222 g/mol. The highest BCUT2D eigenvalue weighted by molar-refractivity contribution is 5.79. The van der Waals surface area contributed by atoms with Crippen molar-refractivity contribution in [2.75, 3.05) is 6.61 Å². The second kappa shape index (κ2) is 6.61. The van der Waals surface area contributed by atoms with Gasteiger partial charge in [-0.05, 0) is 25.0 Å². The van der Waals surface area contributed by atoms with E-state index >= 15 is 0 Å². The van der Waals surface area contributed by atoms with Crippen molar-refractivity contribution in [3.63, 3.8) is 0 Å². The molecule has 4 nitrogen and oxygen atoms in total. The van der Waals surface area contributed by atoms with E-state index in [1.54, 1.807) is 24.3 Å². The summed E-state index contributed by atoms with van der Waals surface area (Å²) in [5, 5.41) is 8.42. The highest BCUT2D eigenvalue weighted by Gasteiger charge is 2.01. The zero-order valence-electron chi connectivity index (χ0n) is 8.89. The van der Waals surface area contributed by atoms with E-state index in [4.69, 9.17) is 9.84 Å². The zero-order valence-corrected chi connectivity index (χ0v) is 8.89. The predicted octanol–water partition coefficient (Wildman–Crippen LogP) is 2.13. The van der Waals surface area contributed by atoms with E-state index < -0.39 is 5.97 Å². The fourth-order valence-corrected chi connectivity index (χ4v) is 1.27. The number of hydrogen-bond donors (Lipinski definition) is 1. The molecule has 0 saturated heterocycles. The molecular formula is C12H14O4. The van der Waals surface area contributed by atoms with Crippen LogP contribution in [0.1, 0.15) is 29.6 Å². The van der Waals surface area contributed by atoms with Crippen molar-refractivity contribution < 1.29 is 19.4 Å². The maximum absolute atomic E-state index is 10.6. The molecule has 0 heterocycles. The second-order valence-electron chi connectivity index (χ2n) is 3.35. The van der Waals surface area contributed by atoms with E-state index in [0.29, 0.717) is 30.8 Å². The fourth-order valence-electron chi connectivity index (χ4n) is 1.27. The van der Waals surface area contributed by atoms with Crippen LogP contribution < -0.4 is 4.74 Å². The molecular weight excluding hydrogens is 208 g/mol. The minimum Gasteiger partial charge on any atom is -0.493 e. The van der Waals surface area contributed by atoms with Crippen molar-refractivity contribution in [1.82, 2.24) is 0 Å². The van der Waals surface area contributed by atoms with Gasteiger partial charge in [-0.25, -0.2) is 0 Å². The highest BCUT2D eigenvalue weighted by Crippen LogP contribution is 2.15. The van der Waals surface area contributed by atoms with Gasteiger partial charge in [-0.15, -0.1) is 0 Å². The second-order valence-corrected chi connectivity index (χ2v) is 3.35. The third kappa shape index (κ3) is 4.13. The number of aldehydes is 1. The van der Waals surface area contributed by atoms with Crippen molar-refractivity contribution in [2.45, 2.75) is 19.3 Å². The van der Waals surface area contributed by atoms with E-state index in [1.165, 1.54) is 0 Å². The first-order valence-corrected chi connectivity index (χ1v) is 5.13. The molecule has 0 bridgehead atoms. The molecule has 1 N–H and O–H groups in total. The van der Waals surface area contributed by atoms with Gasteiger partial charge in [-0.3, -0.25) is 9.59 Å². The summed E-state index contributed by atoms with van der Waals surface area (Å²) in [7, 11) is 0. The van der Waals surface area contributed by atoms with Gasteiger partial charge in [-0.2, -0.15) is 0 Å². The summed E-state index contributed by atoms with van der Waals surface area (Å²) in [6.45, 7) is 0.429. The first-order valence-electron chi connectivity index (χ1n) is 5.13. The normalized spacial score (nSPS) is 9.75. The third-order valence-corrected chi connectivity index (χ3v) is 2.09. The smallest absolute Gasteiger partial charge is 0.303 e. The number of unbranched alkanes of at least 4 members (excludes halogenated alkanes) is 1. The minimum atomic E-state index is -0.798. The number of carboxylic acid groups (broad SMARTS) is 1. The van der Waals surface area contributed by atoms with Crippen LogP contribution >= 0.6 is 0 Å². The summed E-state index contributed by atoms with van der Waals surface area (Å²) >= 11 is 0. The Morgan fingerprint density at radius 2 is 2.06 bits per heavy atom. The monoisotopic (exact) mass is 222 g/mol. The van der Waals surface area contributed by atoms with Crippen LogP contribution in [0.25, 0.3) is 0 Å². The summed E-state index contributed by atoms with van der Waals surface area (Å²) in [5.74, 6) is -0.249. The molecule has 0 aliphatic carbocycles. The minimum absolute atomic E-state index is 0.151. The average Bonchev–Trinajstić information content (AvgIpc) is 2.29. The number of carbonyl (C=O) groups is 2. The number of carbonyl (C=O) groups excluding carboxylic acids is 1. The Kier molecular flexibility index (Phi) is 5.05. The molecule has 0 amide bonds. The lowest BCUT2D eigenvalue weighted by Crippen LogP contribution is -2.01. The summed E-state index contributed by atoms with van der Waals surface area (Å²) in [5.41, 5.74) is 0.515. The Morgan fingerprint density at radius 1 is 1.31 bits per heavy atom. The lowest BCUT2D eigenvalue weighted by atomic mass is 10.2. The summed E-state index contributed by atoms with van der Waals surface area (Å²) in [6, 6.07) is 6.96. The molecule has 1 aromatic rings. The summed E-state index contributed by atoms with van der Waals surface area (Å²) in [6.07, 6.45) is 2.14. The fraction of sp³-hybridized carbons (Fsp3) is 0.333. The van der Waals surface area contributed by atoms with Gasteiger partial charge in [0.15, 0.2) is 6.29 Å². The van der Waals surface area contributed by atoms with Gasteiger partial charge in [0.2, 0.25) is 0 Å². The third-order valence-electron chi connectivity index (χ3n) is 2.09. The summed E-state index contributed by atoms with van der Waals surface area (Å²) < 4.78 is 5.39. The number of para-hydroxylation sites is 1. The van der Waals surface area contributed by atoms with Crippen LogP contribution in [0, 0.1) is 0 Å². The molecule has 1 rings (SSSR count). The Bertz CT molecular complexity index is 360. The van der Waals surface area contributed by atoms with Crippen LogP contribution in [-0.2, 0) is 4.79 Å². The van der Waals surface area contributed by atoms with Crippen LogP contribution in [0.4, 0.5) is 0 Å². The van der Waals surface area contributed by atoms with E-state index in [9.17, 15) is 9.59 Å². The van der Waals surface area contributed by atoms with Crippen molar-refractivity contribution in [3.8, 4) is 5.75 Å². The molecule has 1 aromatic carbocycles. The van der Waals surface area contributed by atoms with Gasteiger partial charge >= 0.3 is 5.97 Å². The van der Waals surface area contributed by atoms with E-state index in [-0.39, 0.29) is 6.42 Å². The number of hydrogen-bond acceptors (Lipinski definition) is 3. The van der Waals surface area contributed by atoms with Crippen LogP contribution in [0.2, 0.25) is 0 Å². The number of benzene rings is 1. The molecule has 0 spiro atoms. The van der Waals surface area contributed by atoms with E-state index in [0.717, 1.165) is 6.29 Å². The number of ether oxygens (including phenoxy) is 1. The van der Waals surface area contributed by atoms with E-state index in [1.807, 2.05) is 0 Å². The van der Waals surface area contributed by atoms with Crippen molar-refractivity contribution in [2.24, 2.45) is 0 Å². The van der Waals surface area contributed by atoms with Gasteiger partial charge in [0.05, 0.1) is 12.2 Å². The van der Waals surface area contributed by atoms with Crippen LogP contribution in [0.5, 0.6) is 5.75 Å². The maximum atomic E-state index is 10.6. The lowest BCUT2D eigenvalue weighted by Gasteiger charge is -2.07. The van der Waals surface area contributed by atoms with Crippen molar-refractivity contribution in [3.05, 3.63) is 29.8 Å². The number of carboxylic acids is 1. The molecule has 86 valence electrons. The van der Waals surface area contributed by atoms with Crippen LogP contribution in [-0.4, -0.2) is 24.0 Å².